The van der Waals surface area contributed by atoms with Crippen LogP contribution in [0.15, 0.2) is 24.3 Å². The first-order valence-corrected chi connectivity index (χ1v) is 6.04. The Morgan fingerprint density at radius 2 is 2.11 bits per heavy atom. The Labute approximate surface area is 104 Å². The summed E-state index contributed by atoms with van der Waals surface area (Å²) in [6.45, 7) is 2.13. The molecule has 100 valence electrons. The molecule has 0 heterocycles. The Kier molecular flexibility index (Phi) is 3.64. The molecule has 2 rings (SSSR count). The van der Waals surface area contributed by atoms with Crippen molar-refractivity contribution in [3.63, 3.8) is 0 Å². The van der Waals surface area contributed by atoms with Crippen molar-refractivity contribution >= 4 is 0 Å². The van der Waals surface area contributed by atoms with Crippen molar-refractivity contribution in [3.05, 3.63) is 35.4 Å². The molecule has 1 aliphatic carbocycles. The Morgan fingerprint density at radius 3 is 2.61 bits per heavy atom. The molecule has 3 unspecified atom stereocenters. The Balaban J connectivity index is 2.09. The second kappa shape index (κ2) is 4.90. The van der Waals surface area contributed by atoms with Crippen LogP contribution in [0.3, 0.4) is 0 Å². The van der Waals surface area contributed by atoms with Crippen LogP contribution >= 0.6 is 0 Å². The van der Waals surface area contributed by atoms with Crippen molar-refractivity contribution in [1.82, 2.24) is 5.43 Å². The predicted octanol–water partition coefficient (Wildman–Crippen LogP) is 2.74. The molecule has 3 N–H and O–H groups in total. The average Bonchev–Trinajstić information content (AvgIpc) is 3.02. The number of rotatable bonds is 4. The number of nitrogens with one attached hydrogen (secondary N) is 1. The maximum absolute atomic E-state index is 12.6. The molecule has 1 aliphatic rings. The van der Waals surface area contributed by atoms with Gasteiger partial charge >= 0.3 is 6.18 Å². The third-order valence-electron chi connectivity index (χ3n) is 3.61. The fraction of sp³-hybridized carbons (Fsp3) is 0.538. The summed E-state index contributed by atoms with van der Waals surface area (Å²) in [7, 11) is 0. The molecule has 18 heavy (non-hydrogen) atoms. The molecule has 0 saturated heterocycles. The molecule has 1 aromatic carbocycles. The van der Waals surface area contributed by atoms with E-state index in [4.69, 9.17) is 5.84 Å². The lowest BCUT2D eigenvalue weighted by Crippen LogP contribution is -2.38. The summed E-state index contributed by atoms with van der Waals surface area (Å²) in [5, 5.41) is 0. The SMILES string of the molecule is CC1CC1C(Cc1cccc(C(F)(F)F)c1)NN. The normalized spacial score (nSPS) is 24.9. The van der Waals surface area contributed by atoms with Crippen molar-refractivity contribution in [3.8, 4) is 0 Å². The average molecular weight is 258 g/mol. The molecule has 1 fully saturated rings. The molecule has 0 amide bonds. The van der Waals surface area contributed by atoms with Gasteiger partial charge in [-0.3, -0.25) is 11.3 Å². The quantitative estimate of drug-likeness (QED) is 0.643. The fourth-order valence-electron chi connectivity index (χ4n) is 2.37. The number of nitrogens with two attached hydrogens (primary N) is 1. The topological polar surface area (TPSA) is 38.0 Å². The molecule has 0 aliphatic heterocycles. The van der Waals surface area contributed by atoms with Crippen LogP contribution in [0.25, 0.3) is 0 Å². The molecule has 1 saturated carbocycles. The first kappa shape index (κ1) is 13.4. The van der Waals surface area contributed by atoms with E-state index in [0.29, 0.717) is 23.8 Å². The summed E-state index contributed by atoms with van der Waals surface area (Å²) < 4.78 is 37.7. The zero-order valence-electron chi connectivity index (χ0n) is 10.2. The standard InChI is InChI=1S/C13H17F3N2/c1-8-5-11(8)12(18-17)7-9-3-2-4-10(6-9)13(14,15)16/h2-4,6,8,11-12,18H,5,7,17H2,1H3. The van der Waals surface area contributed by atoms with E-state index in [-0.39, 0.29) is 6.04 Å². The molecule has 3 atom stereocenters. The first-order chi connectivity index (χ1) is 8.41. The molecule has 0 aromatic heterocycles. The van der Waals surface area contributed by atoms with Gasteiger partial charge in [-0.1, -0.05) is 25.1 Å². The summed E-state index contributed by atoms with van der Waals surface area (Å²) >= 11 is 0. The number of benzene rings is 1. The second-order valence-electron chi connectivity index (χ2n) is 5.05. The van der Waals surface area contributed by atoms with E-state index in [0.717, 1.165) is 12.5 Å². The van der Waals surface area contributed by atoms with Gasteiger partial charge in [-0.2, -0.15) is 13.2 Å². The van der Waals surface area contributed by atoms with E-state index in [1.54, 1.807) is 6.07 Å². The van der Waals surface area contributed by atoms with Crippen molar-refractivity contribution in [2.75, 3.05) is 0 Å². The lowest BCUT2D eigenvalue weighted by atomic mass is 10.00. The fourth-order valence-corrected chi connectivity index (χ4v) is 2.37. The van der Waals surface area contributed by atoms with E-state index in [1.165, 1.54) is 12.1 Å². The molecular formula is C13H17F3N2. The van der Waals surface area contributed by atoms with Crippen LogP contribution in [0.1, 0.15) is 24.5 Å². The van der Waals surface area contributed by atoms with E-state index >= 15 is 0 Å². The highest BCUT2D eigenvalue weighted by atomic mass is 19.4. The highest BCUT2D eigenvalue weighted by Crippen LogP contribution is 2.41. The number of halogens is 3. The highest BCUT2D eigenvalue weighted by molar-refractivity contribution is 5.26. The van der Waals surface area contributed by atoms with Crippen LogP contribution in [0.4, 0.5) is 13.2 Å². The van der Waals surface area contributed by atoms with Crippen LogP contribution in [0.5, 0.6) is 0 Å². The van der Waals surface area contributed by atoms with Crippen LogP contribution in [-0.2, 0) is 12.6 Å². The summed E-state index contributed by atoms with van der Waals surface area (Å²) in [5.41, 5.74) is 2.80. The van der Waals surface area contributed by atoms with Gasteiger partial charge in [0.25, 0.3) is 0 Å². The molecule has 2 nitrogen and oxygen atoms in total. The van der Waals surface area contributed by atoms with Crippen LogP contribution in [0.2, 0.25) is 0 Å². The maximum Gasteiger partial charge on any atom is 0.416 e. The Morgan fingerprint density at radius 1 is 1.44 bits per heavy atom. The Bertz CT molecular complexity index is 417. The number of hydrazine groups is 1. The maximum atomic E-state index is 12.6. The van der Waals surface area contributed by atoms with Gasteiger partial charge in [-0.15, -0.1) is 0 Å². The molecule has 1 aromatic rings. The third kappa shape index (κ3) is 3.03. The monoisotopic (exact) mass is 258 g/mol. The van der Waals surface area contributed by atoms with Crippen molar-refractivity contribution in [2.45, 2.75) is 32.0 Å². The minimum Gasteiger partial charge on any atom is -0.271 e. The molecule has 0 radical (unpaired) electrons. The van der Waals surface area contributed by atoms with Crippen molar-refractivity contribution < 1.29 is 13.2 Å². The number of hydrogen-bond acceptors (Lipinski definition) is 2. The minimum absolute atomic E-state index is 0.0588. The molecule has 0 spiro atoms. The van der Waals surface area contributed by atoms with Gasteiger partial charge < -0.3 is 0 Å². The molecule has 0 bridgehead atoms. The van der Waals surface area contributed by atoms with Gasteiger partial charge in [0, 0.05) is 6.04 Å². The summed E-state index contributed by atoms with van der Waals surface area (Å²) in [6.07, 6.45) is -2.65. The highest BCUT2D eigenvalue weighted by Gasteiger charge is 2.39. The van der Waals surface area contributed by atoms with Gasteiger partial charge in [0.2, 0.25) is 0 Å². The molecular weight excluding hydrogens is 241 g/mol. The lowest BCUT2D eigenvalue weighted by molar-refractivity contribution is -0.137. The smallest absolute Gasteiger partial charge is 0.271 e. The third-order valence-corrected chi connectivity index (χ3v) is 3.61. The van der Waals surface area contributed by atoms with Crippen LogP contribution in [0, 0.1) is 11.8 Å². The minimum atomic E-state index is -4.28. The largest absolute Gasteiger partial charge is 0.416 e. The van der Waals surface area contributed by atoms with E-state index in [2.05, 4.69) is 12.3 Å². The van der Waals surface area contributed by atoms with Gasteiger partial charge in [-0.05, 0) is 36.3 Å². The van der Waals surface area contributed by atoms with Crippen molar-refractivity contribution in [2.24, 2.45) is 17.7 Å². The zero-order chi connectivity index (χ0) is 13.3. The summed E-state index contributed by atoms with van der Waals surface area (Å²) in [6, 6.07) is 5.52. The van der Waals surface area contributed by atoms with Crippen LogP contribution < -0.4 is 11.3 Å². The predicted molar refractivity (Wildman–Crippen MR) is 63.5 cm³/mol. The lowest BCUT2D eigenvalue weighted by Gasteiger charge is -2.16. The second-order valence-corrected chi connectivity index (χ2v) is 5.05. The summed E-state index contributed by atoms with van der Waals surface area (Å²) in [5.74, 6) is 6.56. The Hall–Kier alpha value is -1.07. The van der Waals surface area contributed by atoms with Crippen LogP contribution in [-0.4, -0.2) is 6.04 Å². The van der Waals surface area contributed by atoms with Gasteiger partial charge in [0.1, 0.15) is 0 Å². The number of hydrogen-bond donors (Lipinski definition) is 2. The summed E-state index contributed by atoms with van der Waals surface area (Å²) in [4.78, 5) is 0. The first-order valence-electron chi connectivity index (χ1n) is 6.04. The van der Waals surface area contributed by atoms with Gasteiger partial charge in [-0.25, -0.2) is 0 Å². The zero-order valence-corrected chi connectivity index (χ0v) is 10.2. The van der Waals surface area contributed by atoms with E-state index in [9.17, 15) is 13.2 Å². The molecule has 5 heteroatoms. The van der Waals surface area contributed by atoms with Gasteiger partial charge in [0.15, 0.2) is 0 Å². The van der Waals surface area contributed by atoms with E-state index < -0.39 is 11.7 Å². The van der Waals surface area contributed by atoms with Gasteiger partial charge in [0.05, 0.1) is 5.56 Å². The number of alkyl halides is 3. The van der Waals surface area contributed by atoms with Crippen molar-refractivity contribution in [1.29, 1.82) is 0 Å². The van der Waals surface area contributed by atoms with E-state index in [1.807, 2.05) is 0 Å².